The van der Waals surface area contributed by atoms with Crippen LogP contribution in [0.25, 0.3) is 0 Å². The average molecular weight is 354 g/mol. The SMILES string of the molecule is CC1CCC(Nc2ccc([N+](=O)[O-])c(NCCc3ccccc3)n2)CC1. The van der Waals surface area contributed by atoms with Crippen molar-refractivity contribution >= 4 is 17.3 Å². The van der Waals surface area contributed by atoms with Crippen molar-refractivity contribution in [1.82, 2.24) is 4.98 Å². The van der Waals surface area contributed by atoms with Crippen LogP contribution in [0.15, 0.2) is 42.5 Å². The van der Waals surface area contributed by atoms with Crippen LogP contribution < -0.4 is 10.6 Å². The Morgan fingerprint density at radius 3 is 2.54 bits per heavy atom. The summed E-state index contributed by atoms with van der Waals surface area (Å²) >= 11 is 0. The summed E-state index contributed by atoms with van der Waals surface area (Å²) in [6, 6.07) is 13.7. The Morgan fingerprint density at radius 2 is 1.85 bits per heavy atom. The molecule has 0 bridgehead atoms. The van der Waals surface area contributed by atoms with Gasteiger partial charge in [0, 0.05) is 18.7 Å². The molecule has 0 aliphatic heterocycles. The minimum absolute atomic E-state index is 0.0147. The van der Waals surface area contributed by atoms with Crippen LogP contribution in [0.5, 0.6) is 0 Å². The number of anilines is 2. The summed E-state index contributed by atoms with van der Waals surface area (Å²) in [5, 5.41) is 17.9. The van der Waals surface area contributed by atoms with Crippen molar-refractivity contribution in [2.24, 2.45) is 5.92 Å². The predicted molar refractivity (Wildman–Crippen MR) is 105 cm³/mol. The van der Waals surface area contributed by atoms with Crippen molar-refractivity contribution in [3.05, 3.63) is 58.1 Å². The number of nitrogens with one attached hydrogen (secondary N) is 2. The Labute approximate surface area is 154 Å². The summed E-state index contributed by atoms with van der Waals surface area (Å²) in [6.07, 6.45) is 5.46. The first-order chi connectivity index (χ1) is 12.6. The average Bonchev–Trinajstić information content (AvgIpc) is 2.64. The van der Waals surface area contributed by atoms with E-state index in [2.05, 4.69) is 22.5 Å². The van der Waals surface area contributed by atoms with E-state index in [0.717, 1.165) is 25.2 Å². The fourth-order valence-electron chi connectivity index (χ4n) is 3.39. The third-order valence-electron chi connectivity index (χ3n) is 4.99. The number of hydrogen-bond donors (Lipinski definition) is 2. The molecule has 1 saturated carbocycles. The normalized spacial score (nSPS) is 19.7. The summed E-state index contributed by atoms with van der Waals surface area (Å²) in [4.78, 5) is 15.4. The Balaban J connectivity index is 1.65. The minimum atomic E-state index is -0.385. The van der Waals surface area contributed by atoms with E-state index in [0.29, 0.717) is 24.2 Å². The Hall–Kier alpha value is -2.63. The number of aromatic nitrogens is 1. The van der Waals surface area contributed by atoms with Gasteiger partial charge in [0.25, 0.3) is 0 Å². The number of hydrogen-bond acceptors (Lipinski definition) is 5. The quantitative estimate of drug-likeness (QED) is 0.559. The third-order valence-corrected chi connectivity index (χ3v) is 4.99. The standard InChI is InChI=1S/C20H26N4O2/c1-15-7-9-17(10-8-15)22-19-12-11-18(24(25)26)20(23-19)21-14-13-16-5-3-2-4-6-16/h2-6,11-12,15,17H,7-10,13-14H2,1H3,(H2,21,22,23). The highest BCUT2D eigenvalue weighted by atomic mass is 16.6. The largest absolute Gasteiger partial charge is 0.367 e. The topological polar surface area (TPSA) is 80.1 Å². The van der Waals surface area contributed by atoms with Crippen molar-refractivity contribution in [3.63, 3.8) is 0 Å². The highest BCUT2D eigenvalue weighted by Gasteiger charge is 2.20. The van der Waals surface area contributed by atoms with Crippen molar-refractivity contribution in [3.8, 4) is 0 Å². The molecule has 0 amide bonds. The molecule has 6 nitrogen and oxygen atoms in total. The number of rotatable bonds is 7. The molecule has 1 heterocycles. The maximum atomic E-state index is 11.3. The molecular formula is C20H26N4O2. The second-order valence-electron chi connectivity index (χ2n) is 7.08. The molecule has 138 valence electrons. The zero-order chi connectivity index (χ0) is 18.4. The summed E-state index contributed by atoms with van der Waals surface area (Å²) in [5.41, 5.74) is 1.20. The number of benzene rings is 1. The van der Waals surface area contributed by atoms with Gasteiger partial charge in [0.1, 0.15) is 5.82 Å². The third kappa shape index (κ3) is 4.94. The second kappa shape index (κ2) is 8.65. The van der Waals surface area contributed by atoms with Crippen LogP contribution in [0.2, 0.25) is 0 Å². The molecule has 26 heavy (non-hydrogen) atoms. The lowest BCUT2D eigenvalue weighted by molar-refractivity contribution is -0.384. The highest BCUT2D eigenvalue weighted by molar-refractivity contribution is 5.60. The molecule has 1 aromatic carbocycles. The van der Waals surface area contributed by atoms with Gasteiger partial charge in [-0.05, 0) is 49.7 Å². The first-order valence-corrected chi connectivity index (χ1v) is 9.31. The van der Waals surface area contributed by atoms with E-state index in [1.165, 1.54) is 24.5 Å². The molecule has 0 atom stereocenters. The van der Waals surface area contributed by atoms with E-state index < -0.39 is 0 Å². The zero-order valence-electron chi connectivity index (χ0n) is 15.1. The molecule has 0 radical (unpaired) electrons. The van der Waals surface area contributed by atoms with Crippen LogP contribution in [0.4, 0.5) is 17.3 Å². The molecule has 2 aromatic rings. The van der Waals surface area contributed by atoms with Crippen molar-refractivity contribution in [1.29, 1.82) is 0 Å². The smallest absolute Gasteiger partial charge is 0.311 e. The predicted octanol–water partition coefficient (Wildman–Crippen LogP) is 4.64. The van der Waals surface area contributed by atoms with E-state index in [1.54, 1.807) is 6.07 Å². The summed E-state index contributed by atoms with van der Waals surface area (Å²) < 4.78 is 0. The molecule has 2 N–H and O–H groups in total. The maximum absolute atomic E-state index is 11.3. The lowest BCUT2D eigenvalue weighted by Gasteiger charge is -2.27. The molecule has 0 saturated heterocycles. The van der Waals surface area contributed by atoms with Gasteiger partial charge in [0.15, 0.2) is 0 Å². The van der Waals surface area contributed by atoms with Gasteiger partial charge in [-0.1, -0.05) is 37.3 Å². The van der Waals surface area contributed by atoms with E-state index in [-0.39, 0.29) is 10.6 Å². The van der Waals surface area contributed by atoms with E-state index in [1.807, 2.05) is 30.3 Å². The molecule has 1 aliphatic rings. The fourth-order valence-corrected chi connectivity index (χ4v) is 3.39. The number of nitrogens with zero attached hydrogens (tertiary/aromatic N) is 2. The van der Waals surface area contributed by atoms with E-state index in [9.17, 15) is 10.1 Å². The van der Waals surface area contributed by atoms with Gasteiger partial charge in [-0.3, -0.25) is 10.1 Å². The van der Waals surface area contributed by atoms with Gasteiger partial charge in [-0.2, -0.15) is 0 Å². The van der Waals surface area contributed by atoms with Crippen LogP contribution in [-0.2, 0) is 6.42 Å². The van der Waals surface area contributed by atoms with Crippen LogP contribution in [0.3, 0.4) is 0 Å². The maximum Gasteiger partial charge on any atom is 0.311 e. The van der Waals surface area contributed by atoms with Crippen molar-refractivity contribution in [2.75, 3.05) is 17.2 Å². The zero-order valence-corrected chi connectivity index (χ0v) is 15.1. The molecule has 1 aliphatic carbocycles. The van der Waals surface area contributed by atoms with Gasteiger partial charge in [0.2, 0.25) is 5.82 Å². The van der Waals surface area contributed by atoms with Gasteiger partial charge in [0.05, 0.1) is 4.92 Å². The molecule has 1 aromatic heterocycles. The summed E-state index contributed by atoms with van der Waals surface area (Å²) in [5.74, 6) is 1.82. The molecular weight excluding hydrogens is 328 g/mol. The number of nitro groups is 1. The van der Waals surface area contributed by atoms with Crippen molar-refractivity contribution < 1.29 is 4.92 Å². The van der Waals surface area contributed by atoms with Crippen LogP contribution in [0, 0.1) is 16.0 Å². The van der Waals surface area contributed by atoms with Gasteiger partial charge in [-0.25, -0.2) is 4.98 Å². The highest BCUT2D eigenvalue weighted by Crippen LogP contribution is 2.28. The van der Waals surface area contributed by atoms with E-state index >= 15 is 0 Å². The number of pyridine rings is 1. The fraction of sp³-hybridized carbons (Fsp3) is 0.450. The molecule has 6 heteroatoms. The molecule has 0 spiro atoms. The van der Waals surface area contributed by atoms with Crippen LogP contribution in [0.1, 0.15) is 38.2 Å². The Bertz CT molecular complexity index is 728. The first-order valence-electron chi connectivity index (χ1n) is 9.31. The van der Waals surface area contributed by atoms with Gasteiger partial charge < -0.3 is 10.6 Å². The summed E-state index contributed by atoms with van der Waals surface area (Å²) in [7, 11) is 0. The van der Waals surface area contributed by atoms with E-state index in [4.69, 9.17) is 0 Å². The molecule has 0 unspecified atom stereocenters. The monoisotopic (exact) mass is 354 g/mol. The Morgan fingerprint density at radius 1 is 1.12 bits per heavy atom. The second-order valence-corrected chi connectivity index (χ2v) is 7.08. The van der Waals surface area contributed by atoms with Crippen LogP contribution >= 0.6 is 0 Å². The Kier molecular flexibility index (Phi) is 6.04. The van der Waals surface area contributed by atoms with Gasteiger partial charge >= 0.3 is 5.69 Å². The summed E-state index contributed by atoms with van der Waals surface area (Å²) in [6.45, 7) is 2.89. The lowest BCUT2D eigenvalue weighted by atomic mass is 9.87. The van der Waals surface area contributed by atoms with Crippen molar-refractivity contribution in [2.45, 2.75) is 45.1 Å². The first kappa shape index (κ1) is 18.2. The molecule has 3 rings (SSSR count). The lowest BCUT2D eigenvalue weighted by Crippen LogP contribution is -2.25. The molecule has 1 fully saturated rings. The van der Waals surface area contributed by atoms with Gasteiger partial charge in [-0.15, -0.1) is 0 Å². The van der Waals surface area contributed by atoms with Crippen LogP contribution in [-0.4, -0.2) is 22.5 Å². The minimum Gasteiger partial charge on any atom is -0.367 e.